The van der Waals surface area contributed by atoms with E-state index in [0.29, 0.717) is 0 Å². The maximum absolute atomic E-state index is 3.38. The van der Waals surface area contributed by atoms with Gasteiger partial charge in [0.25, 0.3) is 0 Å². The second-order valence-corrected chi connectivity index (χ2v) is 7.76. The lowest BCUT2D eigenvalue weighted by molar-refractivity contribution is 0.528. The van der Waals surface area contributed by atoms with Crippen LogP contribution >= 0.6 is 0 Å². The molecular weight excluding hydrogens is 312 g/mol. The van der Waals surface area contributed by atoms with Crippen molar-refractivity contribution in [1.29, 1.82) is 0 Å². The van der Waals surface area contributed by atoms with Crippen molar-refractivity contribution in [1.82, 2.24) is 0 Å². The fourth-order valence-corrected chi connectivity index (χ4v) is 3.54. The molecule has 1 aliphatic rings. The van der Waals surface area contributed by atoms with E-state index in [4.69, 9.17) is 0 Å². The molecule has 0 N–H and O–H groups in total. The Bertz CT molecular complexity index is 345. The molecular formula is C26H43. The zero-order chi connectivity index (χ0) is 18.4. The molecule has 1 rings (SSSR count). The van der Waals surface area contributed by atoms with Crippen molar-refractivity contribution in [2.75, 3.05) is 0 Å². The van der Waals surface area contributed by atoms with Crippen molar-refractivity contribution in [3.8, 4) is 0 Å². The number of hydrogen-bond acceptors (Lipinski definition) is 0. The first kappa shape index (κ1) is 23.0. The molecule has 0 unspecified atom stereocenters. The SMILES string of the molecule is [C]1=C/C=C\C=C/C=C\CCCCCCCCCCCCCCCCCC\1. The molecule has 0 saturated heterocycles. The van der Waals surface area contributed by atoms with Gasteiger partial charge in [-0.25, -0.2) is 0 Å². The van der Waals surface area contributed by atoms with E-state index in [0.717, 1.165) is 6.42 Å². The molecule has 0 spiro atoms. The average molecular weight is 356 g/mol. The smallest absolute Gasteiger partial charge is 0.0276 e. The van der Waals surface area contributed by atoms with Gasteiger partial charge in [-0.15, -0.1) is 0 Å². The third-order valence-electron chi connectivity index (χ3n) is 5.24. The van der Waals surface area contributed by atoms with Gasteiger partial charge in [0.2, 0.25) is 0 Å². The van der Waals surface area contributed by atoms with Crippen LogP contribution in [0.25, 0.3) is 0 Å². The highest BCUT2D eigenvalue weighted by molar-refractivity contribution is 5.14. The van der Waals surface area contributed by atoms with Crippen LogP contribution < -0.4 is 0 Å². The highest BCUT2D eigenvalue weighted by atomic mass is 14.0. The Hall–Kier alpha value is -1.04. The summed E-state index contributed by atoms with van der Waals surface area (Å²) in [5.74, 6) is 0. The molecule has 0 fully saturated rings. The normalized spacial score (nSPS) is 26.5. The van der Waals surface area contributed by atoms with E-state index in [2.05, 4.69) is 48.6 Å². The van der Waals surface area contributed by atoms with Gasteiger partial charge >= 0.3 is 0 Å². The first-order valence-electron chi connectivity index (χ1n) is 11.6. The van der Waals surface area contributed by atoms with Crippen LogP contribution in [0.4, 0.5) is 0 Å². The van der Waals surface area contributed by atoms with Gasteiger partial charge in [-0.1, -0.05) is 132 Å². The Kier molecular flexibility index (Phi) is 17.9. The van der Waals surface area contributed by atoms with Crippen LogP contribution in [0.15, 0.2) is 42.5 Å². The summed E-state index contributed by atoms with van der Waals surface area (Å²) < 4.78 is 0. The fraction of sp³-hybridized carbons (Fsp3) is 0.692. The largest absolute Gasteiger partial charge is 0.0845 e. The molecule has 0 aliphatic heterocycles. The van der Waals surface area contributed by atoms with Crippen LogP contribution in [0.3, 0.4) is 0 Å². The summed E-state index contributed by atoms with van der Waals surface area (Å²) >= 11 is 0. The quantitative estimate of drug-likeness (QED) is 0.406. The minimum Gasteiger partial charge on any atom is -0.0845 e. The molecule has 0 amide bonds. The lowest BCUT2D eigenvalue weighted by Crippen LogP contribution is -1.84. The maximum Gasteiger partial charge on any atom is -0.0276 e. The molecule has 26 heavy (non-hydrogen) atoms. The van der Waals surface area contributed by atoms with Gasteiger partial charge in [0.15, 0.2) is 0 Å². The summed E-state index contributed by atoms with van der Waals surface area (Å²) in [6.07, 6.45) is 43.5. The minimum atomic E-state index is 1.11. The van der Waals surface area contributed by atoms with Crippen molar-refractivity contribution in [2.45, 2.75) is 116 Å². The Morgan fingerprint density at radius 2 is 0.808 bits per heavy atom. The second-order valence-electron chi connectivity index (χ2n) is 7.76. The molecule has 0 saturated carbocycles. The minimum absolute atomic E-state index is 1.11. The van der Waals surface area contributed by atoms with E-state index in [1.165, 1.54) is 109 Å². The molecule has 0 aromatic heterocycles. The Morgan fingerprint density at radius 1 is 0.385 bits per heavy atom. The average Bonchev–Trinajstić information content (AvgIpc) is 2.65. The molecule has 0 atom stereocenters. The van der Waals surface area contributed by atoms with Gasteiger partial charge in [0.1, 0.15) is 0 Å². The molecule has 1 aliphatic carbocycles. The predicted molar refractivity (Wildman–Crippen MR) is 118 cm³/mol. The zero-order valence-corrected chi connectivity index (χ0v) is 17.3. The molecule has 0 aromatic rings. The van der Waals surface area contributed by atoms with Gasteiger partial charge in [0, 0.05) is 0 Å². The van der Waals surface area contributed by atoms with Crippen molar-refractivity contribution >= 4 is 0 Å². The molecule has 0 nitrogen and oxygen atoms in total. The zero-order valence-electron chi connectivity index (χ0n) is 17.3. The highest BCUT2D eigenvalue weighted by Crippen LogP contribution is 2.14. The molecule has 1 radical (unpaired) electrons. The van der Waals surface area contributed by atoms with Crippen LogP contribution in [0.1, 0.15) is 116 Å². The van der Waals surface area contributed by atoms with Crippen molar-refractivity contribution in [3.63, 3.8) is 0 Å². The van der Waals surface area contributed by atoms with E-state index in [1.807, 2.05) is 0 Å². The van der Waals surface area contributed by atoms with E-state index in [1.54, 1.807) is 0 Å². The summed E-state index contributed by atoms with van der Waals surface area (Å²) in [6.45, 7) is 0. The van der Waals surface area contributed by atoms with Gasteiger partial charge in [-0.3, -0.25) is 0 Å². The highest BCUT2D eigenvalue weighted by Gasteiger charge is 1.94. The Balaban J connectivity index is 2.18. The van der Waals surface area contributed by atoms with Crippen LogP contribution in [0.2, 0.25) is 0 Å². The van der Waals surface area contributed by atoms with E-state index >= 15 is 0 Å². The lowest BCUT2D eigenvalue weighted by atomic mass is 10.0. The van der Waals surface area contributed by atoms with Gasteiger partial charge in [-0.2, -0.15) is 0 Å². The topological polar surface area (TPSA) is 0 Å². The van der Waals surface area contributed by atoms with Crippen LogP contribution in [0, 0.1) is 6.08 Å². The van der Waals surface area contributed by atoms with Gasteiger partial charge in [-0.05, 0) is 31.8 Å². The van der Waals surface area contributed by atoms with E-state index in [9.17, 15) is 0 Å². The summed E-state index contributed by atoms with van der Waals surface area (Å²) in [5.41, 5.74) is 0. The monoisotopic (exact) mass is 355 g/mol. The number of hydrogen-bond donors (Lipinski definition) is 0. The standard InChI is InChI=1S/C26H43/c1-2-4-6-8-10-12-14-16-18-20-22-24-26-25-23-21-19-17-15-13-11-9-7-5-3-1/h1-7H,8,10-26H2/b2-1-,5-3-,6-4-,9-7?. The molecule has 0 bridgehead atoms. The van der Waals surface area contributed by atoms with E-state index in [-0.39, 0.29) is 0 Å². The summed E-state index contributed by atoms with van der Waals surface area (Å²) in [6, 6.07) is 0. The first-order chi connectivity index (χ1) is 13.0. The van der Waals surface area contributed by atoms with Gasteiger partial charge in [0.05, 0.1) is 0 Å². The van der Waals surface area contributed by atoms with E-state index < -0.39 is 0 Å². The van der Waals surface area contributed by atoms with Crippen molar-refractivity contribution < 1.29 is 0 Å². The Morgan fingerprint density at radius 3 is 1.38 bits per heavy atom. The van der Waals surface area contributed by atoms with Gasteiger partial charge < -0.3 is 0 Å². The van der Waals surface area contributed by atoms with Crippen LogP contribution in [-0.2, 0) is 0 Å². The molecule has 0 heteroatoms. The Labute approximate surface area is 164 Å². The summed E-state index contributed by atoms with van der Waals surface area (Å²) in [7, 11) is 0. The number of allylic oxidation sites excluding steroid dienone is 8. The third kappa shape index (κ3) is 17.8. The lowest BCUT2D eigenvalue weighted by Gasteiger charge is -2.03. The maximum atomic E-state index is 3.38. The fourth-order valence-electron chi connectivity index (χ4n) is 3.54. The summed E-state index contributed by atoms with van der Waals surface area (Å²) in [5, 5.41) is 0. The third-order valence-corrected chi connectivity index (χ3v) is 5.24. The van der Waals surface area contributed by atoms with Crippen LogP contribution in [-0.4, -0.2) is 0 Å². The molecule has 147 valence electrons. The first-order valence-corrected chi connectivity index (χ1v) is 11.6. The second kappa shape index (κ2) is 20.3. The molecule has 0 aromatic carbocycles. The summed E-state index contributed by atoms with van der Waals surface area (Å²) in [4.78, 5) is 0. The van der Waals surface area contributed by atoms with Crippen LogP contribution in [0.5, 0.6) is 0 Å². The molecule has 0 heterocycles. The number of rotatable bonds is 0. The van der Waals surface area contributed by atoms with Crippen molar-refractivity contribution in [2.24, 2.45) is 0 Å². The van der Waals surface area contributed by atoms with Crippen molar-refractivity contribution in [3.05, 3.63) is 48.6 Å². The predicted octanol–water partition coefficient (Wildman–Crippen LogP) is 9.05.